The number of anilines is 1. The summed E-state index contributed by atoms with van der Waals surface area (Å²) in [5.74, 6) is -0.639. The summed E-state index contributed by atoms with van der Waals surface area (Å²) in [4.78, 5) is 43.0. The molecular formula is C28H41N3O5S. The summed E-state index contributed by atoms with van der Waals surface area (Å²) in [6.45, 7) is 8.99. The van der Waals surface area contributed by atoms with Gasteiger partial charge in [0.1, 0.15) is 11.8 Å². The maximum Gasteiger partial charge on any atom is 0.244 e. The van der Waals surface area contributed by atoms with E-state index >= 15 is 0 Å². The van der Waals surface area contributed by atoms with E-state index in [4.69, 9.17) is 4.74 Å². The van der Waals surface area contributed by atoms with Gasteiger partial charge in [-0.05, 0) is 62.8 Å². The van der Waals surface area contributed by atoms with Gasteiger partial charge in [0.15, 0.2) is 0 Å². The molecule has 4 rings (SSSR count). The van der Waals surface area contributed by atoms with E-state index < -0.39 is 28.7 Å². The first-order valence-electron chi connectivity index (χ1n) is 13.7. The molecule has 0 aromatic heterocycles. The summed E-state index contributed by atoms with van der Waals surface area (Å²) < 4.78 is 4.84. The van der Waals surface area contributed by atoms with E-state index in [2.05, 4.69) is 17.6 Å². The summed E-state index contributed by atoms with van der Waals surface area (Å²) in [5.41, 5.74) is 0.652. The highest BCUT2D eigenvalue weighted by atomic mass is 32.2. The van der Waals surface area contributed by atoms with Crippen LogP contribution in [0, 0.1) is 17.8 Å². The van der Waals surface area contributed by atoms with Gasteiger partial charge in [-0.25, -0.2) is 0 Å². The number of unbranched alkanes of at least 4 members (excludes halogenated alkanes) is 1. The first-order chi connectivity index (χ1) is 17.8. The number of likely N-dealkylation sites (tertiary alicyclic amines) is 1. The number of thioether (sulfide) groups is 1. The standard InChI is InChI=1S/C28H41N3O5S/c1-5-7-14-29-26(34)24-28-13-12-21(37-28)22(23(28)27(35)31(24)19(16-32)15-17(3)4)25(33)30-18-8-10-20(11-9-18)36-6-2/h8-11,17,19,21-24,32H,5-7,12-16H2,1-4H3,(H,29,34)(H,30,33)/t19-,21+,22-,23+,24?,28?/m1/s1. The molecule has 3 saturated heterocycles. The number of fused-ring (bicyclic) bond motifs is 1. The number of hydrogen-bond donors (Lipinski definition) is 3. The Kier molecular flexibility index (Phi) is 8.74. The molecule has 0 radical (unpaired) electrons. The van der Waals surface area contributed by atoms with Crippen LogP contribution in [0.2, 0.25) is 0 Å². The van der Waals surface area contributed by atoms with Gasteiger partial charge >= 0.3 is 0 Å². The van der Waals surface area contributed by atoms with Crippen molar-refractivity contribution in [3.8, 4) is 5.75 Å². The van der Waals surface area contributed by atoms with Crippen molar-refractivity contribution < 1.29 is 24.2 Å². The van der Waals surface area contributed by atoms with Crippen LogP contribution < -0.4 is 15.4 Å². The molecule has 6 atom stereocenters. The molecule has 37 heavy (non-hydrogen) atoms. The molecule has 3 N–H and O–H groups in total. The predicted octanol–water partition coefficient (Wildman–Crippen LogP) is 3.44. The minimum absolute atomic E-state index is 0.0117. The lowest BCUT2D eigenvalue weighted by atomic mass is 9.70. The van der Waals surface area contributed by atoms with Crippen LogP contribution in [-0.2, 0) is 14.4 Å². The average Bonchev–Trinajstić information content (AvgIpc) is 3.51. The number of nitrogens with zero attached hydrogens (tertiary/aromatic N) is 1. The molecule has 2 bridgehead atoms. The number of amides is 3. The van der Waals surface area contributed by atoms with Gasteiger partial charge in [0.2, 0.25) is 17.7 Å². The van der Waals surface area contributed by atoms with E-state index in [0.717, 1.165) is 25.0 Å². The molecule has 1 spiro atoms. The predicted molar refractivity (Wildman–Crippen MR) is 145 cm³/mol. The molecule has 3 heterocycles. The van der Waals surface area contributed by atoms with Crippen LogP contribution in [0.1, 0.15) is 59.8 Å². The van der Waals surface area contributed by atoms with Gasteiger partial charge in [-0.1, -0.05) is 27.2 Å². The number of nitrogens with one attached hydrogen (secondary N) is 2. The largest absolute Gasteiger partial charge is 0.494 e. The van der Waals surface area contributed by atoms with Crippen molar-refractivity contribution >= 4 is 35.2 Å². The molecule has 204 valence electrons. The Morgan fingerprint density at radius 3 is 2.57 bits per heavy atom. The van der Waals surface area contributed by atoms with Crippen LogP contribution in [0.15, 0.2) is 24.3 Å². The summed E-state index contributed by atoms with van der Waals surface area (Å²) >= 11 is 1.65. The fraction of sp³-hybridized carbons (Fsp3) is 0.679. The Morgan fingerprint density at radius 1 is 1.22 bits per heavy atom. The van der Waals surface area contributed by atoms with Crippen LogP contribution in [-0.4, -0.2) is 69.6 Å². The van der Waals surface area contributed by atoms with Gasteiger partial charge in [0.05, 0.1) is 35.8 Å². The Balaban J connectivity index is 1.63. The lowest BCUT2D eigenvalue weighted by Crippen LogP contribution is -2.56. The summed E-state index contributed by atoms with van der Waals surface area (Å²) in [7, 11) is 0. The minimum Gasteiger partial charge on any atom is -0.494 e. The zero-order chi connectivity index (χ0) is 26.7. The van der Waals surface area contributed by atoms with Gasteiger partial charge in [0, 0.05) is 17.5 Å². The molecule has 1 aromatic rings. The van der Waals surface area contributed by atoms with Gasteiger partial charge in [-0.3, -0.25) is 14.4 Å². The summed E-state index contributed by atoms with van der Waals surface area (Å²) in [5, 5.41) is 16.4. The van der Waals surface area contributed by atoms with Crippen LogP contribution in [0.3, 0.4) is 0 Å². The normalized spacial score (nSPS) is 28.9. The van der Waals surface area contributed by atoms with Gasteiger partial charge < -0.3 is 25.4 Å². The molecule has 2 unspecified atom stereocenters. The zero-order valence-electron chi connectivity index (χ0n) is 22.4. The van der Waals surface area contributed by atoms with Crippen molar-refractivity contribution in [3.05, 3.63) is 24.3 Å². The zero-order valence-corrected chi connectivity index (χ0v) is 23.2. The Bertz CT molecular complexity index is 987. The molecule has 8 nitrogen and oxygen atoms in total. The Hall–Kier alpha value is -2.26. The molecule has 3 aliphatic rings. The Labute approximate surface area is 224 Å². The van der Waals surface area contributed by atoms with Crippen LogP contribution in [0.4, 0.5) is 5.69 Å². The molecule has 3 aliphatic heterocycles. The number of aliphatic hydroxyl groups is 1. The van der Waals surface area contributed by atoms with E-state index in [1.165, 1.54) is 0 Å². The number of rotatable bonds is 12. The van der Waals surface area contributed by atoms with E-state index in [9.17, 15) is 19.5 Å². The highest BCUT2D eigenvalue weighted by molar-refractivity contribution is 8.02. The van der Waals surface area contributed by atoms with E-state index in [1.54, 1.807) is 28.8 Å². The summed E-state index contributed by atoms with van der Waals surface area (Å²) in [6, 6.07) is 6.09. The SMILES string of the molecule is CCCCNC(=O)C1N([C@@H](CO)CC(C)C)C(=O)[C@@H]2[C@H](C(=O)Nc3ccc(OCC)cc3)[C@@H]3CCC12S3. The second-order valence-corrected chi connectivity index (χ2v) is 12.5. The van der Waals surface area contributed by atoms with Crippen molar-refractivity contribution in [1.82, 2.24) is 10.2 Å². The third-order valence-electron chi connectivity index (χ3n) is 7.90. The molecule has 9 heteroatoms. The maximum absolute atomic E-state index is 14.1. The number of hydrogen-bond acceptors (Lipinski definition) is 6. The van der Waals surface area contributed by atoms with Crippen LogP contribution in [0.5, 0.6) is 5.75 Å². The Morgan fingerprint density at radius 2 is 1.95 bits per heavy atom. The topological polar surface area (TPSA) is 108 Å². The van der Waals surface area contributed by atoms with Gasteiger partial charge in [0.25, 0.3) is 0 Å². The second kappa shape index (κ2) is 11.6. The molecular weight excluding hydrogens is 490 g/mol. The highest BCUT2D eigenvalue weighted by Crippen LogP contribution is 2.66. The van der Waals surface area contributed by atoms with Crippen molar-refractivity contribution in [2.24, 2.45) is 17.8 Å². The minimum atomic E-state index is -0.684. The van der Waals surface area contributed by atoms with E-state index in [1.807, 2.05) is 32.9 Å². The molecule has 3 fully saturated rings. The monoisotopic (exact) mass is 531 g/mol. The third-order valence-corrected chi connectivity index (χ3v) is 9.85. The van der Waals surface area contributed by atoms with Crippen molar-refractivity contribution in [2.45, 2.75) is 81.9 Å². The fourth-order valence-corrected chi connectivity index (χ4v) is 8.62. The maximum atomic E-state index is 14.1. The van der Waals surface area contributed by atoms with Gasteiger partial charge in [-0.2, -0.15) is 0 Å². The quantitative estimate of drug-likeness (QED) is 0.357. The van der Waals surface area contributed by atoms with Gasteiger partial charge in [-0.15, -0.1) is 11.8 Å². The molecule has 3 amide bonds. The number of carbonyl (C=O) groups is 3. The van der Waals surface area contributed by atoms with E-state index in [0.29, 0.717) is 31.7 Å². The van der Waals surface area contributed by atoms with Crippen LogP contribution in [0.25, 0.3) is 0 Å². The van der Waals surface area contributed by atoms with Crippen molar-refractivity contribution in [1.29, 1.82) is 0 Å². The lowest BCUT2D eigenvalue weighted by Gasteiger charge is -2.37. The van der Waals surface area contributed by atoms with E-state index in [-0.39, 0.29) is 35.5 Å². The van der Waals surface area contributed by atoms with Crippen LogP contribution >= 0.6 is 11.8 Å². The number of benzene rings is 1. The number of carbonyl (C=O) groups excluding carboxylic acids is 3. The fourth-order valence-electron chi connectivity index (χ4n) is 6.42. The molecule has 1 aromatic carbocycles. The van der Waals surface area contributed by atoms with Crippen molar-refractivity contribution in [2.75, 3.05) is 25.1 Å². The highest BCUT2D eigenvalue weighted by Gasteiger charge is 2.74. The summed E-state index contributed by atoms with van der Waals surface area (Å²) in [6.07, 6.45) is 3.92. The first-order valence-corrected chi connectivity index (χ1v) is 14.6. The molecule has 0 aliphatic carbocycles. The molecule has 0 saturated carbocycles. The first kappa shape index (κ1) is 27.8. The lowest BCUT2D eigenvalue weighted by molar-refractivity contribution is -0.142. The smallest absolute Gasteiger partial charge is 0.244 e. The second-order valence-electron chi connectivity index (χ2n) is 10.9. The van der Waals surface area contributed by atoms with Crippen molar-refractivity contribution in [3.63, 3.8) is 0 Å². The average molecular weight is 532 g/mol. The third kappa shape index (κ3) is 5.21. The number of aliphatic hydroxyl groups excluding tert-OH is 1. The number of ether oxygens (including phenoxy) is 1.